The molecular weight excluding hydrogens is 252 g/mol. The molecular formula is C15H22N4O. The number of amides is 1. The molecule has 0 bridgehead atoms. The molecule has 0 aliphatic heterocycles. The molecule has 0 saturated carbocycles. The van der Waals surface area contributed by atoms with Gasteiger partial charge in [0.05, 0.1) is 17.5 Å². The van der Waals surface area contributed by atoms with Gasteiger partial charge >= 0.3 is 0 Å². The van der Waals surface area contributed by atoms with Crippen molar-refractivity contribution in [3.63, 3.8) is 0 Å². The molecule has 1 N–H and O–H groups in total. The number of aromatic nitrogens is 3. The van der Waals surface area contributed by atoms with E-state index in [1.54, 1.807) is 6.20 Å². The summed E-state index contributed by atoms with van der Waals surface area (Å²) in [6, 6.07) is 2.12. The molecule has 2 aromatic heterocycles. The lowest BCUT2D eigenvalue weighted by Crippen LogP contribution is -2.28. The molecule has 2 rings (SSSR count). The number of nitrogens with one attached hydrogen (secondary N) is 1. The highest BCUT2D eigenvalue weighted by Crippen LogP contribution is 2.19. The third-order valence-corrected chi connectivity index (χ3v) is 3.16. The van der Waals surface area contributed by atoms with Crippen molar-refractivity contribution in [3.8, 4) is 0 Å². The highest BCUT2D eigenvalue weighted by atomic mass is 16.1. The number of pyridine rings is 1. The molecule has 0 atom stereocenters. The van der Waals surface area contributed by atoms with E-state index in [-0.39, 0.29) is 11.9 Å². The van der Waals surface area contributed by atoms with E-state index >= 15 is 0 Å². The van der Waals surface area contributed by atoms with Crippen molar-refractivity contribution in [2.24, 2.45) is 5.92 Å². The van der Waals surface area contributed by atoms with E-state index < -0.39 is 0 Å². The third kappa shape index (κ3) is 2.81. The van der Waals surface area contributed by atoms with Gasteiger partial charge in [0.1, 0.15) is 0 Å². The van der Waals surface area contributed by atoms with Crippen LogP contribution in [0.5, 0.6) is 0 Å². The first kappa shape index (κ1) is 14.5. The van der Waals surface area contributed by atoms with E-state index in [9.17, 15) is 4.79 Å². The Hall–Kier alpha value is -1.91. The lowest BCUT2D eigenvalue weighted by Gasteiger charge is -2.10. The maximum Gasteiger partial charge on any atom is 0.253 e. The van der Waals surface area contributed by atoms with Crippen LogP contribution in [0.25, 0.3) is 11.0 Å². The smallest absolute Gasteiger partial charge is 0.253 e. The number of fused-ring (bicyclic) bond motifs is 1. The Morgan fingerprint density at radius 3 is 2.65 bits per heavy atom. The SMILES string of the molecule is Cc1nc2c(cnn2C(C)C)cc1C(=O)NCC(C)C. The van der Waals surface area contributed by atoms with Crippen LogP contribution < -0.4 is 5.32 Å². The van der Waals surface area contributed by atoms with Crippen LogP contribution in [0.1, 0.15) is 49.8 Å². The maximum atomic E-state index is 12.2. The molecule has 1 amide bonds. The molecule has 0 spiro atoms. The van der Waals surface area contributed by atoms with Crippen LogP contribution in [-0.4, -0.2) is 27.2 Å². The Bertz CT molecular complexity index is 628. The zero-order chi connectivity index (χ0) is 14.9. The molecule has 5 heteroatoms. The zero-order valence-electron chi connectivity index (χ0n) is 12.8. The second kappa shape index (κ2) is 5.61. The minimum Gasteiger partial charge on any atom is -0.352 e. The predicted molar refractivity (Wildman–Crippen MR) is 79.8 cm³/mol. The average molecular weight is 274 g/mol. The molecule has 0 aliphatic carbocycles. The Balaban J connectivity index is 2.36. The first-order chi connectivity index (χ1) is 9.40. The first-order valence-corrected chi connectivity index (χ1v) is 7.03. The molecule has 0 fully saturated rings. The summed E-state index contributed by atoms with van der Waals surface area (Å²) < 4.78 is 1.87. The summed E-state index contributed by atoms with van der Waals surface area (Å²) in [5.74, 6) is 0.363. The number of hydrogen-bond acceptors (Lipinski definition) is 3. The fourth-order valence-corrected chi connectivity index (χ4v) is 2.07. The van der Waals surface area contributed by atoms with E-state index in [2.05, 4.69) is 43.1 Å². The van der Waals surface area contributed by atoms with Gasteiger partial charge in [-0.3, -0.25) is 4.79 Å². The molecule has 2 aromatic rings. The van der Waals surface area contributed by atoms with Crippen LogP contribution in [-0.2, 0) is 0 Å². The summed E-state index contributed by atoms with van der Waals surface area (Å²) in [7, 11) is 0. The second-order valence-corrected chi connectivity index (χ2v) is 5.82. The van der Waals surface area contributed by atoms with Crippen molar-refractivity contribution in [1.82, 2.24) is 20.1 Å². The molecule has 0 aliphatic rings. The number of hydrogen-bond donors (Lipinski definition) is 1. The van der Waals surface area contributed by atoms with Crippen molar-refractivity contribution in [3.05, 3.63) is 23.5 Å². The van der Waals surface area contributed by atoms with Crippen molar-refractivity contribution in [2.75, 3.05) is 6.54 Å². The van der Waals surface area contributed by atoms with Crippen LogP contribution in [0.3, 0.4) is 0 Å². The van der Waals surface area contributed by atoms with E-state index in [4.69, 9.17) is 0 Å². The Morgan fingerprint density at radius 1 is 1.35 bits per heavy atom. The van der Waals surface area contributed by atoms with Gasteiger partial charge in [-0.15, -0.1) is 0 Å². The number of rotatable bonds is 4. The lowest BCUT2D eigenvalue weighted by atomic mass is 10.1. The number of carbonyl (C=O) groups is 1. The van der Waals surface area contributed by atoms with Crippen LogP contribution >= 0.6 is 0 Å². The second-order valence-electron chi connectivity index (χ2n) is 5.82. The first-order valence-electron chi connectivity index (χ1n) is 7.03. The molecule has 0 unspecified atom stereocenters. The van der Waals surface area contributed by atoms with Crippen LogP contribution in [0.15, 0.2) is 12.3 Å². The van der Waals surface area contributed by atoms with Gasteiger partial charge in [-0.2, -0.15) is 5.10 Å². The molecule has 2 heterocycles. The average Bonchev–Trinajstić information content (AvgIpc) is 2.77. The van der Waals surface area contributed by atoms with Crippen LogP contribution in [0, 0.1) is 12.8 Å². The summed E-state index contributed by atoms with van der Waals surface area (Å²) in [4.78, 5) is 16.7. The maximum absolute atomic E-state index is 12.2. The van der Waals surface area contributed by atoms with E-state index in [1.807, 2.05) is 17.7 Å². The highest BCUT2D eigenvalue weighted by Gasteiger charge is 2.15. The summed E-state index contributed by atoms with van der Waals surface area (Å²) >= 11 is 0. The van der Waals surface area contributed by atoms with E-state index in [0.717, 1.165) is 16.7 Å². The van der Waals surface area contributed by atoms with Gasteiger partial charge in [0, 0.05) is 18.0 Å². The van der Waals surface area contributed by atoms with Crippen molar-refractivity contribution in [2.45, 2.75) is 40.7 Å². The summed E-state index contributed by atoms with van der Waals surface area (Å²) in [5.41, 5.74) is 2.19. The predicted octanol–water partition coefficient (Wildman–Crippen LogP) is 2.71. The van der Waals surface area contributed by atoms with E-state index in [1.165, 1.54) is 0 Å². The molecule has 5 nitrogen and oxygen atoms in total. The van der Waals surface area contributed by atoms with Gasteiger partial charge < -0.3 is 5.32 Å². The fraction of sp³-hybridized carbons (Fsp3) is 0.533. The Morgan fingerprint density at radius 2 is 2.05 bits per heavy atom. The number of nitrogens with zero attached hydrogens (tertiary/aromatic N) is 3. The number of carbonyl (C=O) groups excluding carboxylic acids is 1. The van der Waals surface area contributed by atoms with Crippen molar-refractivity contribution >= 4 is 16.9 Å². The Kier molecular flexibility index (Phi) is 4.06. The summed E-state index contributed by atoms with van der Waals surface area (Å²) in [5, 5.41) is 8.16. The highest BCUT2D eigenvalue weighted by molar-refractivity contribution is 5.98. The largest absolute Gasteiger partial charge is 0.352 e. The van der Waals surface area contributed by atoms with Crippen LogP contribution in [0.4, 0.5) is 0 Å². The van der Waals surface area contributed by atoms with E-state index in [0.29, 0.717) is 18.0 Å². The van der Waals surface area contributed by atoms with Crippen LogP contribution in [0.2, 0.25) is 0 Å². The fourth-order valence-electron chi connectivity index (χ4n) is 2.07. The third-order valence-electron chi connectivity index (χ3n) is 3.16. The lowest BCUT2D eigenvalue weighted by molar-refractivity contribution is 0.0948. The monoisotopic (exact) mass is 274 g/mol. The van der Waals surface area contributed by atoms with Gasteiger partial charge in [0.2, 0.25) is 0 Å². The minimum absolute atomic E-state index is 0.0668. The van der Waals surface area contributed by atoms with Gasteiger partial charge in [-0.25, -0.2) is 9.67 Å². The molecule has 0 radical (unpaired) electrons. The molecule has 0 aromatic carbocycles. The van der Waals surface area contributed by atoms with Gasteiger partial charge in [-0.1, -0.05) is 13.8 Å². The van der Waals surface area contributed by atoms with Gasteiger partial charge in [0.15, 0.2) is 5.65 Å². The Labute approximate surface area is 119 Å². The molecule has 20 heavy (non-hydrogen) atoms. The molecule has 108 valence electrons. The van der Waals surface area contributed by atoms with Gasteiger partial charge in [-0.05, 0) is 32.8 Å². The van der Waals surface area contributed by atoms with Gasteiger partial charge in [0.25, 0.3) is 5.91 Å². The summed E-state index contributed by atoms with van der Waals surface area (Å²) in [6.45, 7) is 10.8. The normalized spacial score (nSPS) is 11.6. The number of aryl methyl sites for hydroxylation is 1. The quantitative estimate of drug-likeness (QED) is 0.932. The zero-order valence-corrected chi connectivity index (χ0v) is 12.8. The summed E-state index contributed by atoms with van der Waals surface area (Å²) in [6.07, 6.45) is 1.76. The minimum atomic E-state index is -0.0668. The van der Waals surface area contributed by atoms with Crippen molar-refractivity contribution < 1.29 is 4.79 Å². The molecule has 0 saturated heterocycles. The van der Waals surface area contributed by atoms with Crippen molar-refractivity contribution in [1.29, 1.82) is 0 Å². The standard InChI is InChI=1S/C15H22N4O/c1-9(2)7-16-15(20)13-6-12-8-17-19(10(3)4)14(12)18-11(13)5/h6,8-10H,7H2,1-5H3,(H,16,20). The topological polar surface area (TPSA) is 59.8 Å².